The van der Waals surface area contributed by atoms with Crippen LogP contribution in [0.3, 0.4) is 0 Å². The van der Waals surface area contributed by atoms with E-state index in [1.165, 1.54) is 0 Å². The Labute approximate surface area is 93.6 Å². The van der Waals surface area contributed by atoms with E-state index in [0.717, 1.165) is 11.3 Å². The predicted molar refractivity (Wildman–Crippen MR) is 62.0 cm³/mol. The molecule has 16 heavy (non-hydrogen) atoms. The Kier molecular flexibility index (Phi) is 2.72. The van der Waals surface area contributed by atoms with Crippen molar-refractivity contribution in [2.75, 3.05) is 11.4 Å². The van der Waals surface area contributed by atoms with Crippen LogP contribution in [0.1, 0.15) is 12.0 Å². The van der Waals surface area contributed by atoms with E-state index in [-0.39, 0.29) is 11.9 Å². The molecule has 0 saturated carbocycles. The molecule has 0 radical (unpaired) electrons. The number of rotatable bonds is 2. The Bertz CT molecular complexity index is 437. The number of hydrogen-bond donors (Lipinski definition) is 1. The molecule has 4 heteroatoms. The quantitative estimate of drug-likeness (QED) is 0.819. The SMILES string of the molecule is C=Cc1ccc(N2CCC(=O)NC2=O)cc1. The third kappa shape index (κ3) is 1.95. The van der Waals surface area contributed by atoms with Crippen LogP contribution in [0.5, 0.6) is 0 Å². The van der Waals surface area contributed by atoms with Crippen LogP contribution in [0.15, 0.2) is 30.8 Å². The average molecular weight is 216 g/mol. The zero-order valence-electron chi connectivity index (χ0n) is 8.77. The van der Waals surface area contributed by atoms with E-state index in [9.17, 15) is 9.59 Å². The van der Waals surface area contributed by atoms with Gasteiger partial charge in [-0.3, -0.25) is 15.0 Å². The van der Waals surface area contributed by atoms with E-state index in [0.29, 0.717) is 13.0 Å². The number of anilines is 1. The summed E-state index contributed by atoms with van der Waals surface area (Å²) in [6.07, 6.45) is 2.08. The summed E-state index contributed by atoms with van der Waals surface area (Å²) < 4.78 is 0. The van der Waals surface area contributed by atoms with Crippen LogP contribution >= 0.6 is 0 Å². The van der Waals surface area contributed by atoms with Gasteiger partial charge in [0.2, 0.25) is 5.91 Å². The maximum atomic E-state index is 11.5. The summed E-state index contributed by atoms with van der Waals surface area (Å²) in [5.41, 5.74) is 1.79. The van der Waals surface area contributed by atoms with E-state index in [2.05, 4.69) is 11.9 Å². The second kappa shape index (κ2) is 4.18. The summed E-state index contributed by atoms with van der Waals surface area (Å²) in [4.78, 5) is 24.1. The van der Waals surface area contributed by atoms with E-state index in [4.69, 9.17) is 0 Å². The van der Waals surface area contributed by atoms with Gasteiger partial charge in [-0.2, -0.15) is 0 Å². The zero-order valence-corrected chi connectivity index (χ0v) is 8.77. The third-order valence-corrected chi connectivity index (χ3v) is 2.49. The van der Waals surface area contributed by atoms with Crippen molar-refractivity contribution in [1.29, 1.82) is 0 Å². The van der Waals surface area contributed by atoms with Crippen molar-refractivity contribution < 1.29 is 9.59 Å². The normalized spacial score (nSPS) is 15.9. The van der Waals surface area contributed by atoms with Crippen LogP contribution in [0, 0.1) is 0 Å². The van der Waals surface area contributed by atoms with Crippen LogP contribution in [0.2, 0.25) is 0 Å². The van der Waals surface area contributed by atoms with Crippen LogP contribution in [-0.2, 0) is 4.79 Å². The highest BCUT2D eigenvalue weighted by molar-refractivity contribution is 6.05. The van der Waals surface area contributed by atoms with Crippen molar-refractivity contribution in [3.8, 4) is 0 Å². The van der Waals surface area contributed by atoms with Crippen LogP contribution < -0.4 is 10.2 Å². The van der Waals surface area contributed by atoms with Gasteiger partial charge in [-0.25, -0.2) is 4.79 Å². The molecule has 0 aromatic heterocycles. The average Bonchev–Trinajstić information content (AvgIpc) is 2.29. The zero-order chi connectivity index (χ0) is 11.5. The molecule has 1 heterocycles. The van der Waals surface area contributed by atoms with Gasteiger partial charge in [-0.15, -0.1) is 0 Å². The standard InChI is InChI=1S/C12H12N2O2/c1-2-9-3-5-10(6-4-9)14-8-7-11(15)13-12(14)16/h2-6H,1,7-8H2,(H,13,15,16). The van der Waals surface area contributed by atoms with E-state index in [1.807, 2.05) is 24.3 Å². The second-order valence-corrected chi connectivity index (χ2v) is 3.55. The molecule has 0 unspecified atom stereocenters. The topological polar surface area (TPSA) is 49.4 Å². The molecule has 4 nitrogen and oxygen atoms in total. The number of amides is 3. The Morgan fingerprint density at radius 3 is 2.50 bits per heavy atom. The molecule has 2 rings (SSSR count). The molecule has 1 aromatic rings. The molecule has 1 aromatic carbocycles. The maximum absolute atomic E-state index is 11.5. The molecule has 0 atom stereocenters. The van der Waals surface area contributed by atoms with Crippen LogP contribution in [0.25, 0.3) is 6.08 Å². The number of urea groups is 1. The van der Waals surface area contributed by atoms with Gasteiger partial charge in [0.05, 0.1) is 0 Å². The van der Waals surface area contributed by atoms with Crippen molar-refractivity contribution in [1.82, 2.24) is 5.32 Å². The molecule has 1 aliphatic heterocycles. The Hall–Kier alpha value is -2.10. The minimum atomic E-state index is -0.359. The first kappa shape index (κ1) is 10.4. The van der Waals surface area contributed by atoms with Crippen molar-refractivity contribution in [3.05, 3.63) is 36.4 Å². The Morgan fingerprint density at radius 2 is 1.94 bits per heavy atom. The summed E-state index contributed by atoms with van der Waals surface area (Å²) in [5.74, 6) is -0.219. The first-order valence-corrected chi connectivity index (χ1v) is 5.04. The van der Waals surface area contributed by atoms with Crippen molar-refractivity contribution in [2.24, 2.45) is 0 Å². The van der Waals surface area contributed by atoms with E-state index >= 15 is 0 Å². The molecule has 1 saturated heterocycles. The van der Waals surface area contributed by atoms with Gasteiger partial charge in [0.15, 0.2) is 0 Å². The predicted octanol–water partition coefficient (Wildman–Crippen LogP) is 1.78. The van der Waals surface area contributed by atoms with E-state index < -0.39 is 0 Å². The monoisotopic (exact) mass is 216 g/mol. The third-order valence-electron chi connectivity index (χ3n) is 2.49. The summed E-state index contributed by atoms with van der Waals surface area (Å²) in [5, 5.41) is 2.28. The van der Waals surface area contributed by atoms with Crippen molar-refractivity contribution in [2.45, 2.75) is 6.42 Å². The van der Waals surface area contributed by atoms with Crippen LogP contribution in [-0.4, -0.2) is 18.5 Å². The Balaban J connectivity index is 2.20. The molecule has 82 valence electrons. The van der Waals surface area contributed by atoms with Gasteiger partial charge in [0.25, 0.3) is 0 Å². The minimum absolute atomic E-state index is 0.219. The number of hydrogen-bond acceptors (Lipinski definition) is 2. The second-order valence-electron chi connectivity index (χ2n) is 3.55. The number of carbonyl (C=O) groups is 2. The Morgan fingerprint density at radius 1 is 1.25 bits per heavy atom. The van der Waals surface area contributed by atoms with Gasteiger partial charge >= 0.3 is 6.03 Å². The molecular weight excluding hydrogens is 204 g/mol. The minimum Gasteiger partial charge on any atom is -0.294 e. The highest BCUT2D eigenvalue weighted by Crippen LogP contribution is 2.18. The lowest BCUT2D eigenvalue weighted by Gasteiger charge is -2.26. The number of nitrogens with one attached hydrogen (secondary N) is 1. The maximum Gasteiger partial charge on any atom is 0.328 e. The van der Waals surface area contributed by atoms with Gasteiger partial charge in [0.1, 0.15) is 0 Å². The lowest BCUT2D eigenvalue weighted by Crippen LogP contribution is -2.49. The van der Waals surface area contributed by atoms with E-state index in [1.54, 1.807) is 11.0 Å². The van der Waals surface area contributed by atoms with Crippen LogP contribution in [0.4, 0.5) is 10.5 Å². The number of nitrogens with zero attached hydrogens (tertiary/aromatic N) is 1. The first-order valence-electron chi connectivity index (χ1n) is 5.04. The number of benzene rings is 1. The highest BCUT2D eigenvalue weighted by Gasteiger charge is 2.23. The van der Waals surface area contributed by atoms with Gasteiger partial charge < -0.3 is 0 Å². The summed E-state index contributed by atoms with van der Waals surface area (Å²) in [7, 11) is 0. The summed E-state index contributed by atoms with van der Waals surface area (Å²) in [6.45, 7) is 4.09. The lowest BCUT2D eigenvalue weighted by molar-refractivity contribution is -0.120. The smallest absolute Gasteiger partial charge is 0.294 e. The fourth-order valence-corrected chi connectivity index (χ4v) is 1.60. The summed E-state index contributed by atoms with van der Waals surface area (Å²) in [6, 6.07) is 7.08. The number of carbonyl (C=O) groups excluding carboxylic acids is 2. The lowest BCUT2D eigenvalue weighted by atomic mass is 10.2. The van der Waals surface area contributed by atoms with Crippen molar-refractivity contribution in [3.63, 3.8) is 0 Å². The molecular formula is C12H12N2O2. The molecule has 1 aliphatic rings. The molecule has 0 aliphatic carbocycles. The summed E-state index contributed by atoms with van der Waals surface area (Å²) >= 11 is 0. The molecule has 3 amide bonds. The molecule has 1 fully saturated rings. The van der Waals surface area contributed by atoms with Gasteiger partial charge in [-0.05, 0) is 17.7 Å². The largest absolute Gasteiger partial charge is 0.328 e. The van der Waals surface area contributed by atoms with Crippen molar-refractivity contribution >= 4 is 23.7 Å². The van der Waals surface area contributed by atoms with Gasteiger partial charge in [-0.1, -0.05) is 24.8 Å². The molecule has 0 spiro atoms. The molecule has 0 bridgehead atoms. The fourth-order valence-electron chi connectivity index (χ4n) is 1.60. The fraction of sp³-hybridized carbons (Fsp3) is 0.167. The first-order chi connectivity index (χ1) is 7.70. The number of imide groups is 1. The highest BCUT2D eigenvalue weighted by atomic mass is 16.2. The molecule has 1 N–H and O–H groups in total. The van der Waals surface area contributed by atoms with Gasteiger partial charge in [0, 0.05) is 18.7 Å².